The summed E-state index contributed by atoms with van der Waals surface area (Å²) in [7, 11) is 3.39. The average molecular weight is 386 g/mol. The van der Waals surface area contributed by atoms with Crippen molar-refractivity contribution < 1.29 is 4.79 Å². The molecule has 3 aromatic heterocycles. The van der Waals surface area contributed by atoms with Gasteiger partial charge in [0, 0.05) is 43.8 Å². The Bertz CT molecular complexity index is 1100. The van der Waals surface area contributed by atoms with E-state index in [0.717, 1.165) is 11.1 Å². The van der Waals surface area contributed by atoms with Crippen LogP contribution in [-0.4, -0.2) is 39.9 Å². The topological polar surface area (TPSA) is 109 Å². The van der Waals surface area contributed by atoms with Crippen molar-refractivity contribution in [3.8, 4) is 28.5 Å². The summed E-state index contributed by atoms with van der Waals surface area (Å²) in [4.78, 5) is 26.6. The zero-order valence-electron chi connectivity index (χ0n) is 16.8. The normalized spacial score (nSPS) is 11.0. The fourth-order valence-corrected chi connectivity index (χ4v) is 2.79. The smallest absolute Gasteiger partial charge is 0.254 e. The van der Waals surface area contributed by atoms with E-state index in [4.69, 9.17) is 5.73 Å². The third-order valence-electron chi connectivity index (χ3n) is 4.62. The van der Waals surface area contributed by atoms with Gasteiger partial charge in [-0.3, -0.25) is 14.8 Å². The van der Waals surface area contributed by atoms with Gasteiger partial charge in [-0.25, -0.2) is 4.98 Å². The van der Waals surface area contributed by atoms with Gasteiger partial charge in [-0.05, 0) is 49.7 Å². The minimum absolute atomic E-state index is 0.117. The molecule has 0 aliphatic carbocycles. The van der Waals surface area contributed by atoms with Gasteiger partial charge in [0.25, 0.3) is 5.91 Å². The molecule has 0 unspecified atom stereocenters. The Morgan fingerprint density at radius 1 is 1.07 bits per heavy atom. The summed E-state index contributed by atoms with van der Waals surface area (Å²) in [5.74, 6) is 0.230. The van der Waals surface area contributed by atoms with E-state index in [1.165, 1.54) is 11.1 Å². The number of nitrogens with two attached hydrogens (primary N) is 1. The van der Waals surface area contributed by atoms with Crippen molar-refractivity contribution in [1.82, 2.24) is 19.9 Å². The highest BCUT2D eigenvalue weighted by molar-refractivity contribution is 5.94. The van der Waals surface area contributed by atoms with Crippen LogP contribution in [-0.2, 0) is 5.41 Å². The zero-order chi connectivity index (χ0) is 21.2. The maximum Gasteiger partial charge on any atom is 0.254 e. The molecule has 29 heavy (non-hydrogen) atoms. The Kier molecular flexibility index (Phi) is 5.29. The summed E-state index contributed by atoms with van der Waals surface area (Å²) in [6.07, 6.45) is 4.89. The summed E-state index contributed by atoms with van der Waals surface area (Å²) in [6, 6.07) is 11.4. The van der Waals surface area contributed by atoms with Crippen LogP contribution >= 0.6 is 0 Å². The Morgan fingerprint density at radius 2 is 1.83 bits per heavy atom. The highest BCUT2D eigenvalue weighted by Crippen LogP contribution is 2.30. The zero-order valence-corrected chi connectivity index (χ0v) is 16.8. The quantitative estimate of drug-likeness (QED) is 0.737. The van der Waals surface area contributed by atoms with Gasteiger partial charge in [0.1, 0.15) is 5.82 Å². The molecule has 0 atom stereocenters. The minimum Gasteiger partial charge on any atom is -0.383 e. The number of nitrogen functional groups attached to an aromatic ring is 1. The first-order valence-corrected chi connectivity index (χ1v) is 9.04. The van der Waals surface area contributed by atoms with Gasteiger partial charge in [0.05, 0.1) is 28.4 Å². The Balaban J connectivity index is 2.01. The van der Waals surface area contributed by atoms with Crippen molar-refractivity contribution in [2.24, 2.45) is 0 Å². The lowest BCUT2D eigenvalue weighted by Crippen LogP contribution is -2.21. The third kappa shape index (κ3) is 4.06. The molecule has 3 rings (SSSR count). The lowest BCUT2D eigenvalue weighted by atomic mass is 9.89. The van der Waals surface area contributed by atoms with Crippen molar-refractivity contribution in [1.29, 1.82) is 5.26 Å². The molecule has 1 amide bonds. The molecule has 0 radical (unpaired) electrons. The van der Waals surface area contributed by atoms with E-state index in [9.17, 15) is 10.1 Å². The Hall–Kier alpha value is -3.79. The van der Waals surface area contributed by atoms with Gasteiger partial charge >= 0.3 is 0 Å². The summed E-state index contributed by atoms with van der Waals surface area (Å²) in [6.45, 7) is 3.65. The molecular weight excluding hydrogens is 364 g/mol. The molecule has 0 saturated carbocycles. The maximum atomic E-state index is 12.1. The number of carbonyl (C=O) groups is 1. The van der Waals surface area contributed by atoms with Gasteiger partial charge < -0.3 is 10.6 Å². The van der Waals surface area contributed by atoms with E-state index in [-0.39, 0.29) is 5.91 Å². The predicted octanol–water partition coefficient (Wildman–Crippen LogP) is 3.29. The first-order chi connectivity index (χ1) is 13.7. The van der Waals surface area contributed by atoms with Crippen LogP contribution in [0.3, 0.4) is 0 Å². The summed E-state index contributed by atoms with van der Waals surface area (Å²) in [5.41, 5.74) is 9.58. The van der Waals surface area contributed by atoms with Gasteiger partial charge in [-0.15, -0.1) is 0 Å². The molecule has 0 aliphatic heterocycles. The minimum atomic E-state index is -0.698. The number of rotatable bonds is 4. The van der Waals surface area contributed by atoms with Crippen LogP contribution in [0.25, 0.3) is 22.4 Å². The molecule has 2 N–H and O–H groups in total. The molecule has 0 saturated heterocycles. The van der Waals surface area contributed by atoms with E-state index in [2.05, 4.69) is 21.0 Å². The van der Waals surface area contributed by atoms with E-state index in [1.54, 1.807) is 38.6 Å². The summed E-state index contributed by atoms with van der Waals surface area (Å²) >= 11 is 0. The molecule has 0 aliphatic rings. The summed E-state index contributed by atoms with van der Waals surface area (Å²) < 4.78 is 0. The van der Waals surface area contributed by atoms with Crippen LogP contribution in [0.15, 0.2) is 48.9 Å². The molecule has 0 bridgehead atoms. The fraction of sp³-hybridized carbons (Fsp3) is 0.227. The van der Waals surface area contributed by atoms with Crippen LogP contribution < -0.4 is 5.73 Å². The number of hydrogen-bond acceptors (Lipinski definition) is 6. The number of hydrogen-bond donors (Lipinski definition) is 1. The highest BCUT2D eigenvalue weighted by Gasteiger charge is 2.22. The molecule has 3 aromatic rings. The van der Waals surface area contributed by atoms with Gasteiger partial charge in [0.2, 0.25) is 0 Å². The monoisotopic (exact) mass is 386 g/mol. The van der Waals surface area contributed by atoms with Gasteiger partial charge in [0.15, 0.2) is 0 Å². The highest BCUT2D eigenvalue weighted by atomic mass is 16.2. The molecule has 7 heteroatoms. The average Bonchev–Trinajstić information content (AvgIpc) is 2.73. The van der Waals surface area contributed by atoms with Crippen LogP contribution in [0.5, 0.6) is 0 Å². The van der Waals surface area contributed by atoms with Crippen LogP contribution in [0.2, 0.25) is 0 Å². The molecule has 0 spiro atoms. The van der Waals surface area contributed by atoms with E-state index < -0.39 is 5.41 Å². The van der Waals surface area contributed by atoms with Crippen molar-refractivity contribution in [2.75, 3.05) is 19.8 Å². The van der Waals surface area contributed by atoms with Gasteiger partial charge in [-0.2, -0.15) is 5.26 Å². The molecule has 146 valence electrons. The third-order valence-corrected chi connectivity index (χ3v) is 4.62. The lowest BCUT2D eigenvalue weighted by Gasteiger charge is -2.15. The van der Waals surface area contributed by atoms with Crippen molar-refractivity contribution >= 4 is 11.7 Å². The number of pyridine rings is 3. The van der Waals surface area contributed by atoms with E-state index in [0.29, 0.717) is 28.3 Å². The Morgan fingerprint density at radius 3 is 2.45 bits per heavy atom. The number of aromatic nitrogens is 3. The van der Waals surface area contributed by atoms with Gasteiger partial charge in [-0.1, -0.05) is 0 Å². The van der Waals surface area contributed by atoms with Crippen LogP contribution in [0.1, 0.15) is 29.9 Å². The fourth-order valence-electron chi connectivity index (χ4n) is 2.79. The number of nitrogens with zero attached hydrogens (tertiary/aromatic N) is 5. The first kappa shape index (κ1) is 20.0. The molecule has 0 aromatic carbocycles. The SMILES string of the molecule is CN(C)C(=O)c1ccc(-c2cc(-c3ccnc(C(C)(C)C#N)c3)cnc2N)nc1. The first-order valence-electron chi connectivity index (χ1n) is 9.04. The van der Waals surface area contributed by atoms with Crippen LogP contribution in [0.4, 0.5) is 5.82 Å². The number of anilines is 1. The molecular formula is C22H22N6O. The summed E-state index contributed by atoms with van der Waals surface area (Å²) in [5, 5.41) is 9.38. The number of carbonyl (C=O) groups excluding carboxylic acids is 1. The predicted molar refractivity (Wildman–Crippen MR) is 112 cm³/mol. The maximum absolute atomic E-state index is 12.1. The second kappa shape index (κ2) is 7.68. The van der Waals surface area contributed by atoms with E-state index >= 15 is 0 Å². The van der Waals surface area contributed by atoms with Crippen molar-refractivity contribution in [3.05, 3.63) is 60.2 Å². The van der Waals surface area contributed by atoms with E-state index in [1.807, 2.05) is 32.0 Å². The number of nitriles is 1. The van der Waals surface area contributed by atoms with Crippen molar-refractivity contribution in [2.45, 2.75) is 19.3 Å². The lowest BCUT2D eigenvalue weighted by molar-refractivity contribution is 0.0827. The standard InChI is InChI=1S/C22H22N6O/c1-22(2,13-23)19-10-14(7-8-25-19)16-9-17(20(24)27-12-16)18-6-5-15(11-26-18)21(29)28(3)4/h5-12H,1-4H3,(H2,24,27). The molecule has 0 fully saturated rings. The van der Waals surface area contributed by atoms with Crippen LogP contribution in [0, 0.1) is 11.3 Å². The Labute approximate surface area is 169 Å². The second-order valence-corrected chi connectivity index (χ2v) is 7.46. The second-order valence-electron chi connectivity index (χ2n) is 7.46. The molecule has 7 nitrogen and oxygen atoms in total. The van der Waals surface area contributed by atoms with Crippen molar-refractivity contribution in [3.63, 3.8) is 0 Å². The number of amides is 1. The largest absolute Gasteiger partial charge is 0.383 e. The molecule has 3 heterocycles.